The first kappa shape index (κ1) is 38.1. The molecule has 0 saturated heterocycles. The van der Waals surface area contributed by atoms with Gasteiger partial charge in [0.25, 0.3) is 0 Å². The summed E-state index contributed by atoms with van der Waals surface area (Å²) in [6, 6.07) is 67.9. The highest BCUT2D eigenvalue weighted by molar-refractivity contribution is 5.82. The molecule has 2 heteroatoms. The third-order valence-corrected chi connectivity index (χ3v) is 14.2. The molecular weight excluding hydrogens is 725 g/mol. The third kappa shape index (κ3) is 7.27. The highest BCUT2D eigenvalue weighted by Gasteiger charge is 2.58. The van der Waals surface area contributed by atoms with Crippen molar-refractivity contribution in [2.45, 2.75) is 75.5 Å². The minimum absolute atomic E-state index is 0.243. The Morgan fingerprint density at radius 3 is 1.37 bits per heavy atom. The van der Waals surface area contributed by atoms with Gasteiger partial charge in [-0.25, -0.2) is 0 Å². The Bertz CT molecular complexity index is 2510. The maximum Gasteiger partial charge on any atom is 0.0463 e. The second-order valence-electron chi connectivity index (χ2n) is 18.1. The van der Waals surface area contributed by atoms with Gasteiger partial charge in [-0.3, -0.25) is 0 Å². The highest BCUT2D eigenvalue weighted by Crippen LogP contribution is 2.66. The van der Waals surface area contributed by atoms with E-state index < -0.39 is 0 Å². The average Bonchev–Trinajstić information content (AvgIpc) is 3.30. The van der Waals surface area contributed by atoms with Crippen LogP contribution < -0.4 is 9.80 Å². The van der Waals surface area contributed by atoms with E-state index in [0.717, 1.165) is 41.0 Å². The number of hydrogen-bond acceptors (Lipinski definition) is 2. The molecule has 0 heterocycles. The van der Waals surface area contributed by atoms with E-state index in [0.29, 0.717) is 0 Å². The molecule has 4 aliphatic carbocycles. The molecule has 4 fully saturated rings. The van der Waals surface area contributed by atoms with Gasteiger partial charge in [0.15, 0.2) is 0 Å². The van der Waals surface area contributed by atoms with Crippen LogP contribution in [0, 0.1) is 11.8 Å². The van der Waals surface area contributed by atoms with E-state index in [9.17, 15) is 0 Å². The minimum atomic E-state index is 0.243. The Hall–Kier alpha value is -6.12. The molecule has 11 rings (SSSR count). The average molecular weight is 781 g/mol. The van der Waals surface area contributed by atoms with Crippen LogP contribution in [-0.4, -0.2) is 0 Å². The van der Waals surface area contributed by atoms with Gasteiger partial charge in [-0.2, -0.15) is 0 Å². The summed E-state index contributed by atoms with van der Waals surface area (Å²) in [7, 11) is 0. The van der Waals surface area contributed by atoms with Gasteiger partial charge < -0.3 is 9.80 Å². The summed E-state index contributed by atoms with van der Waals surface area (Å²) < 4.78 is 0. The molecule has 0 aromatic heterocycles. The van der Waals surface area contributed by atoms with Crippen LogP contribution in [0.15, 0.2) is 189 Å². The smallest absolute Gasteiger partial charge is 0.0463 e. The van der Waals surface area contributed by atoms with Crippen molar-refractivity contribution in [3.8, 4) is 11.1 Å². The van der Waals surface area contributed by atoms with Crippen molar-refractivity contribution in [1.29, 1.82) is 0 Å². The van der Waals surface area contributed by atoms with Gasteiger partial charge in [-0.15, -0.1) is 0 Å². The van der Waals surface area contributed by atoms with E-state index in [4.69, 9.17) is 0 Å². The quantitative estimate of drug-likeness (QED) is 0.115. The highest BCUT2D eigenvalue weighted by atomic mass is 15.2. The standard InChI is InChI=1S/C58H56N2/c1-3-5-12-44-19-27-52(28-20-44)60(54-31-25-50(26-32-54)58-40-45-37-46(41-58)39-57(38-45,42-58)49-23-17-43(4-2)18-24-49)56-35-33-55(34-36-56)59(51-15-10-7-11-16-51)53-29-21-48(22-30-53)47-13-8-6-9-14-47/h4,6-11,13-36,45-46H,2-3,5,12,37-42H2,1H3. The van der Waals surface area contributed by atoms with E-state index in [-0.39, 0.29) is 10.8 Å². The lowest BCUT2D eigenvalue weighted by atomic mass is 9.42. The van der Waals surface area contributed by atoms with E-state index in [1.165, 1.54) is 90.6 Å². The number of unbranched alkanes of at least 4 members (excludes halogenated alkanes) is 1. The molecule has 0 amide bonds. The van der Waals surface area contributed by atoms with Crippen molar-refractivity contribution in [3.63, 3.8) is 0 Å². The van der Waals surface area contributed by atoms with Gasteiger partial charge in [-0.05, 0) is 180 Å². The normalized spacial score (nSPS) is 21.4. The molecule has 0 N–H and O–H groups in total. The Kier molecular flexibility index (Phi) is 10.3. The lowest BCUT2D eigenvalue weighted by Gasteiger charge is -2.63. The number of para-hydroxylation sites is 1. The van der Waals surface area contributed by atoms with E-state index in [2.05, 4.69) is 205 Å². The Balaban J connectivity index is 0.986. The van der Waals surface area contributed by atoms with E-state index >= 15 is 0 Å². The summed E-state index contributed by atoms with van der Waals surface area (Å²) in [5.74, 6) is 1.62. The summed E-state index contributed by atoms with van der Waals surface area (Å²) in [5, 5.41) is 0. The zero-order valence-corrected chi connectivity index (χ0v) is 35.0. The SMILES string of the molecule is C=Cc1ccc(C23CC4CC(C2)CC(c2ccc(N(c5ccc(CCCC)cc5)c5ccc(N(c6ccccc6)c6ccc(-c7ccccc7)cc6)cc5)cc2)(C4)C3)cc1. The second-order valence-corrected chi connectivity index (χ2v) is 18.1. The maximum atomic E-state index is 4.01. The summed E-state index contributed by atoms with van der Waals surface area (Å²) in [6.07, 6.45) is 13.5. The number of hydrogen-bond donors (Lipinski definition) is 0. The monoisotopic (exact) mass is 780 g/mol. The fourth-order valence-corrected chi connectivity index (χ4v) is 11.7. The first-order valence-corrected chi connectivity index (χ1v) is 22.3. The molecule has 298 valence electrons. The number of rotatable bonds is 13. The van der Waals surface area contributed by atoms with Crippen molar-refractivity contribution in [1.82, 2.24) is 0 Å². The van der Waals surface area contributed by atoms with Crippen LogP contribution in [-0.2, 0) is 17.3 Å². The van der Waals surface area contributed by atoms with Crippen molar-refractivity contribution in [3.05, 3.63) is 211 Å². The van der Waals surface area contributed by atoms with Gasteiger partial charge in [0.2, 0.25) is 0 Å². The Morgan fingerprint density at radius 1 is 0.483 bits per heavy atom. The number of benzene rings is 7. The van der Waals surface area contributed by atoms with Crippen molar-refractivity contribution < 1.29 is 0 Å². The molecule has 0 radical (unpaired) electrons. The third-order valence-electron chi connectivity index (χ3n) is 14.2. The molecule has 2 unspecified atom stereocenters. The summed E-state index contributed by atoms with van der Waals surface area (Å²) in [5.41, 5.74) is 15.6. The van der Waals surface area contributed by atoms with Gasteiger partial charge in [-0.1, -0.05) is 135 Å². The van der Waals surface area contributed by atoms with Crippen LogP contribution in [0.5, 0.6) is 0 Å². The summed E-state index contributed by atoms with van der Waals surface area (Å²) >= 11 is 0. The van der Waals surface area contributed by atoms with E-state index in [1.54, 1.807) is 5.56 Å². The van der Waals surface area contributed by atoms with Crippen LogP contribution in [0.2, 0.25) is 0 Å². The van der Waals surface area contributed by atoms with Crippen LogP contribution in [0.4, 0.5) is 34.1 Å². The largest absolute Gasteiger partial charge is 0.311 e. The Labute approximate surface area is 357 Å². The first-order valence-electron chi connectivity index (χ1n) is 22.3. The topological polar surface area (TPSA) is 6.48 Å². The van der Waals surface area contributed by atoms with Crippen LogP contribution >= 0.6 is 0 Å². The fraction of sp³-hybridized carbons (Fsp3) is 0.241. The van der Waals surface area contributed by atoms with Crippen LogP contribution in [0.3, 0.4) is 0 Å². The predicted molar refractivity (Wildman–Crippen MR) is 254 cm³/mol. The van der Waals surface area contributed by atoms with Gasteiger partial charge in [0.1, 0.15) is 0 Å². The molecule has 4 aliphatic rings. The van der Waals surface area contributed by atoms with Crippen molar-refractivity contribution >= 4 is 40.2 Å². The molecule has 2 nitrogen and oxygen atoms in total. The van der Waals surface area contributed by atoms with Gasteiger partial charge in [0, 0.05) is 34.1 Å². The van der Waals surface area contributed by atoms with Gasteiger partial charge >= 0.3 is 0 Å². The molecule has 4 saturated carbocycles. The predicted octanol–water partition coefficient (Wildman–Crippen LogP) is 16.1. The lowest BCUT2D eigenvalue weighted by molar-refractivity contribution is -0.0281. The molecule has 60 heavy (non-hydrogen) atoms. The first-order chi connectivity index (χ1) is 29.5. The lowest BCUT2D eigenvalue weighted by Crippen LogP contribution is -2.55. The molecule has 7 aromatic rings. The molecule has 7 aromatic carbocycles. The number of nitrogens with zero attached hydrogens (tertiary/aromatic N) is 2. The maximum absolute atomic E-state index is 4.01. The number of anilines is 6. The fourth-order valence-electron chi connectivity index (χ4n) is 11.7. The molecule has 4 bridgehead atoms. The van der Waals surface area contributed by atoms with E-state index in [1.807, 2.05) is 6.08 Å². The summed E-state index contributed by atoms with van der Waals surface area (Å²) in [4.78, 5) is 4.80. The van der Waals surface area contributed by atoms with Crippen molar-refractivity contribution in [2.75, 3.05) is 9.80 Å². The summed E-state index contributed by atoms with van der Waals surface area (Å²) in [6.45, 7) is 6.28. The molecular formula is C58H56N2. The molecule has 0 aliphatic heterocycles. The minimum Gasteiger partial charge on any atom is -0.311 e. The molecule has 0 spiro atoms. The van der Waals surface area contributed by atoms with Crippen molar-refractivity contribution in [2.24, 2.45) is 11.8 Å². The van der Waals surface area contributed by atoms with Crippen LogP contribution in [0.1, 0.15) is 80.5 Å². The second kappa shape index (κ2) is 16.1. The number of aryl methyl sites for hydroxylation is 1. The molecule has 2 atom stereocenters. The van der Waals surface area contributed by atoms with Crippen LogP contribution in [0.25, 0.3) is 17.2 Å². The van der Waals surface area contributed by atoms with Gasteiger partial charge in [0.05, 0.1) is 0 Å². The zero-order valence-electron chi connectivity index (χ0n) is 35.0. The zero-order chi connectivity index (χ0) is 40.5. The Morgan fingerprint density at radius 2 is 0.883 bits per heavy atom.